The number of methoxy groups -OCH3 is 1. The largest absolute Gasteiger partial charge is 0.465 e. The van der Waals surface area contributed by atoms with Crippen LogP contribution < -0.4 is 5.32 Å². The van der Waals surface area contributed by atoms with E-state index in [0.29, 0.717) is 10.0 Å². The van der Waals surface area contributed by atoms with Crippen molar-refractivity contribution in [1.29, 1.82) is 0 Å². The Balaban J connectivity index is 1.55. The third-order valence-corrected chi connectivity index (χ3v) is 6.04. The lowest BCUT2D eigenvalue weighted by atomic mass is 9.93. The molecule has 2 heterocycles. The first-order chi connectivity index (χ1) is 13.2. The molecule has 0 radical (unpaired) electrons. The summed E-state index contributed by atoms with van der Waals surface area (Å²) >= 11 is 7.29. The molecule has 0 spiro atoms. The Hall–Kier alpha value is -2.38. The summed E-state index contributed by atoms with van der Waals surface area (Å²) in [6, 6.07) is 10.4. The summed E-state index contributed by atoms with van der Waals surface area (Å²) in [7, 11) is 1.33. The molecule has 1 aliphatic rings. The molecule has 0 saturated carbocycles. The summed E-state index contributed by atoms with van der Waals surface area (Å²) in [5, 5.41) is 8.82. The zero-order valence-corrected chi connectivity index (χ0v) is 16.4. The molecule has 1 aliphatic carbocycles. The van der Waals surface area contributed by atoms with Gasteiger partial charge >= 0.3 is 5.97 Å². The van der Waals surface area contributed by atoms with Crippen LogP contribution in [-0.2, 0) is 17.7 Å². The Bertz CT molecular complexity index is 954. The van der Waals surface area contributed by atoms with Crippen molar-refractivity contribution in [3.05, 3.63) is 63.4 Å². The molecule has 4 rings (SSSR count). The monoisotopic (exact) mass is 402 g/mol. The first-order valence-corrected chi connectivity index (χ1v) is 9.95. The number of nitrogens with one attached hydrogen (secondary N) is 1. The zero-order chi connectivity index (χ0) is 18.8. The minimum absolute atomic E-state index is 0.103. The number of hydrogen-bond donors (Lipinski definition) is 1. The van der Waals surface area contributed by atoms with Crippen LogP contribution in [0.15, 0.2) is 36.5 Å². The van der Waals surface area contributed by atoms with Crippen molar-refractivity contribution in [3.8, 4) is 0 Å². The van der Waals surface area contributed by atoms with Gasteiger partial charge in [0.2, 0.25) is 0 Å². The SMILES string of the molecule is COC(=O)c1sc(N[C@H]2CCCc3c2cnn3Cc2ccccc2)nc1Cl. The van der Waals surface area contributed by atoms with Crippen molar-refractivity contribution in [3.63, 3.8) is 0 Å². The van der Waals surface area contributed by atoms with Gasteiger partial charge in [0.25, 0.3) is 0 Å². The maximum Gasteiger partial charge on any atom is 0.351 e. The molecule has 0 aliphatic heterocycles. The fourth-order valence-corrected chi connectivity index (χ4v) is 4.55. The molecule has 0 bridgehead atoms. The van der Waals surface area contributed by atoms with Crippen LogP contribution in [0.4, 0.5) is 5.13 Å². The van der Waals surface area contributed by atoms with Crippen molar-refractivity contribution in [1.82, 2.24) is 14.8 Å². The number of thiazole rings is 1. The highest BCUT2D eigenvalue weighted by Crippen LogP contribution is 2.35. The molecule has 1 N–H and O–H groups in total. The van der Waals surface area contributed by atoms with Crippen molar-refractivity contribution in [2.75, 3.05) is 12.4 Å². The maximum atomic E-state index is 11.7. The van der Waals surface area contributed by atoms with E-state index < -0.39 is 5.97 Å². The second-order valence-corrected chi connectivity index (χ2v) is 7.77. The molecule has 0 saturated heterocycles. The van der Waals surface area contributed by atoms with E-state index in [4.69, 9.17) is 16.3 Å². The third kappa shape index (κ3) is 3.70. The van der Waals surface area contributed by atoms with Gasteiger partial charge in [0.1, 0.15) is 0 Å². The summed E-state index contributed by atoms with van der Waals surface area (Å²) in [6.45, 7) is 0.762. The molecule has 2 aromatic heterocycles. The number of carbonyl (C=O) groups excluding carboxylic acids is 1. The van der Waals surface area contributed by atoms with Crippen LogP contribution in [0.25, 0.3) is 0 Å². The second kappa shape index (κ2) is 7.70. The number of ether oxygens (including phenoxy) is 1. The topological polar surface area (TPSA) is 69.0 Å². The van der Waals surface area contributed by atoms with Crippen LogP contribution in [0, 0.1) is 0 Å². The average Bonchev–Trinajstić information content (AvgIpc) is 3.26. The van der Waals surface area contributed by atoms with Crippen molar-refractivity contribution in [2.24, 2.45) is 0 Å². The van der Waals surface area contributed by atoms with Crippen molar-refractivity contribution >= 4 is 34.0 Å². The summed E-state index contributed by atoms with van der Waals surface area (Å²) in [4.78, 5) is 16.3. The van der Waals surface area contributed by atoms with E-state index in [2.05, 4.69) is 32.2 Å². The first-order valence-electron chi connectivity index (χ1n) is 8.75. The van der Waals surface area contributed by atoms with E-state index in [1.807, 2.05) is 24.4 Å². The van der Waals surface area contributed by atoms with Crippen LogP contribution in [-0.4, -0.2) is 27.8 Å². The van der Waals surface area contributed by atoms with E-state index in [1.54, 1.807) is 0 Å². The predicted octanol–water partition coefficient (Wildman–Crippen LogP) is 4.32. The van der Waals surface area contributed by atoms with Gasteiger partial charge in [-0.15, -0.1) is 0 Å². The van der Waals surface area contributed by atoms with Crippen molar-refractivity contribution < 1.29 is 9.53 Å². The van der Waals surface area contributed by atoms with Crippen molar-refractivity contribution in [2.45, 2.75) is 31.8 Å². The highest BCUT2D eigenvalue weighted by Gasteiger charge is 2.26. The minimum atomic E-state index is -0.467. The van der Waals surface area contributed by atoms with Gasteiger partial charge in [-0.25, -0.2) is 9.78 Å². The number of benzene rings is 1. The number of halogens is 1. The number of carbonyl (C=O) groups is 1. The van der Waals surface area contributed by atoms with Crippen LogP contribution in [0.2, 0.25) is 5.15 Å². The van der Waals surface area contributed by atoms with Gasteiger partial charge in [-0.3, -0.25) is 4.68 Å². The zero-order valence-electron chi connectivity index (χ0n) is 14.8. The quantitative estimate of drug-likeness (QED) is 0.644. The number of aromatic nitrogens is 3. The van der Waals surface area contributed by atoms with Crippen LogP contribution >= 0.6 is 22.9 Å². The lowest BCUT2D eigenvalue weighted by molar-refractivity contribution is 0.0606. The fourth-order valence-electron chi connectivity index (χ4n) is 3.39. The van der Waals surface area contributed by atoms with E-state index in [1.165, 1.54) is 35.3 Å². The summed E-state index contributed by atoms with van der Waals surface area (Å²) in [6.07, 6.45) is 4.99. The maximum absolute atomic E-state index is 11.7. The highest BCUT2D eigenvalue weighted by atomic mass is 35.5. The van der Waals surface area contributed by atoms with Crippen LogP contribution in [0.3, 0.4) is 0 Å². The van der Waals surface area contributed by atoms with Gasteiger partial charge in [0, 0.05) is 11.3 Å². The van der Waals surface area contributed by atoms with E-state index in [0.717, 1.165) is 25.8 Å². The number of nitrogens with zero attached hydrogens (tertiary/aromatic N) is 3. The fraction of sp³-hybridized carbons (Fsp3) is 0.316. The van der Waals surface area contributed by atoms with E-state index >= 15 is 0 Å². The molecule has 8 heteroatoms. The molecule has 0 amide bonds. The van der Waals surface area contributed by atoms with E-state index in [-0.39, 0.29) is 11.2 Å². The number of anilines is 1. The molecule has 1 atom stereocenters. The van der Waals surface area contributed by atoms with Crippen LogP contribution in [0.1, 0.15) is 45.4 Å². The lowest BCUT2D eigenvalue weighted by Crippen LogP contribution is -2.18. The standard InChI is InChI=1S/C19H19ClN4O2S/c1-26-18(25)16-17(20)23-19(27-16)22-14-8-5-9-15-13(14)10-21-24(15)11-12-6-3-2-4-7-12/h2-4,6-7,10,14H,5,8-9,11H2,1H3,(H,22,23)/t14-/m0/s1. The molecule has 6 nitrogen and oxygen atoms in total. The van der Waals surface area contributed by atoms with Gasteiger partial charge in [-0.05, 0) is 24.8 Å². The number of hydrogen-bond acceptors (Lipinski definition) is 6. The highest BCUT2D eigenvalue weighted by molar-refractivity contribution is 7.18. The Morgan fingerprint density at radius 3 is 3.00 bits per heavy atom. The summed E-state index contributed by atoms with van der Waals surface area (Å²) < 4.78 is 6.82. The molecule has 0 unspecified atom stereocenters. The molecular formula is C19H19ClN4O2S. The Morgan fingerprint density at radius 1 is 1.41 bits per heavy atom. The Morgan fingerprint density at radius 2 is 2.22 bits per heavy atom. The molecule has 3 aromatic rings. The van der Waals surface area contributed by atoms with Gasteiger partial charge in [-0.2, -0.15) is 5.10 Å². The predicted molar refractivity (Wildman–Crippen MR) is 106 cm³/mol. The number of esters is 1. The number of rotatable bonds is 5. The number of fused-ring (bicyclic) bond motifs is 1. The Kier molecular flexibility index (Phi) is 5.13. The second-order valence-electron chi connectivity index (χ2n) is 6.41. The Labute approximate surface area is 166 Å². The molecular weight excluding hydrogens is 384 g/mol. The minimum Gasteiger partial charge on any atom is -0.465 e. The van der Waals surface area contributed by atoms with E-state index in [9.17, 15) is 4.79 Å². The van der Waals surface area contributed by atoms with Gasteiger partial charge in [0.05, 0.1) is 25.9 Å². The van der Waals surface area contributed by atoms with Gasteiger partial charge in [0.15, 0.2) is 15.2 Å². The average molecular weight is 403 g/mol. The molecule has 1 aromatic carbocycles. The molecule has 0 fully saturated rings. The van der Waals surface area contributed by atoms with Crippen LogP contribution in [0.5, 0.6) is 0 Å². The molecule has 140 valence electrons. The molecule has 27 heavy (non-hydrogen) atoms. The summed E-state index contributed by atoms with van der Waals surface area (Å²) in [5.74, 6) is -0.467. The third-order valence-electron chi connectivity index (χ3n) is 4.69. The van der Waals surface area contributed by atoms with Gasteiger partial charge < -0.3 is 10.1 Å². The normalized spacial score (nSPS) is 16.0. The van der Waals surface area contributed by atoms with Gasteiger partial charge in [-0.1, -0.05) is 53.3 Å². The first kappa shape index (κ1) is 18.0. The smallest absolute Gasteiger partial charge is 0.351 e. The lowest BCUT2D eigenvalue weighted by Gasteiger charge is -2.24. The summed E-state index contributed by atoms with van der Waals surface area (Å²) in [5.41, 5.74) is 3.66.